The fourth-order valence-corrected chi connectivity index (χ4v) is 3.91. The number of ether oxygens (including phenoxy) is 2. The number of hydrogen-bond acceptors (Lipinski definition) is 4. The summed E-state index contributed by atoms with van der Waals surface area (Å²) in [6, 6.07) is 15.8. The van der Waals surface area contributed by atoms with Crippen molar-refractivity contribution in [2.45, 2.75) is 45.1 Å². The molecule has 30 heavy (non-hydrogen) atoms. The van der Waals surface area contributed by atoms with Crippen molar-refractivity contribution in [3.05, 3.63) is 64.7 Å². The molecule has 0 aliphatic carbocycles. The number of carbonyl (C=O) groups is 1. The van der Waals surface area contributed by atoms with Crippen LogP contribution in [-0.4, -0.2) is 43.2 Å². The van der Waals surface area contributed by atoms with Crippen molar-refractivity contribution in [1.82, 2.24) is 4.90 Å². The molecule has 0 aromatic heterocycles. The predicted molar refractivity (Wildman–Crippen MR) is 121 cm³/mol. The number of esters is 1. The lowest BCUT2D eigenvalue weighted by molar-refractivity contribution is -0.163. The van der Waals surface area contributed by atoms with E-state index < -0.39 is 5.60 Å². The maximum Gasteiger partial charge on any atom is 0.350 e. The van der Waals surface area contributed by atoms with E-state index in [1.807, 2.05) is 62.4 Å². The number of piperidine rings is 1. The molecule has 162 valence electrons. The molecule has 3 rings (SSSR count). The molecule has 1 aliphatic heterocycles. The number of rotatable bonds is 8. The average Bonchev–Trinajstić information content (AvgIpc) is 2.75. The second-order valence-electron chi connectivity index (χ2n) is 8.50. The standard InChI is InChI=1S/C25H32ClNO3/c1-4-25(2,24(28)29-18-21-6-5-15-27(3)17-21)30-23-13-9-20(10-14-23)16-19-7-11-22(26)12-8-19/h7-14,21H,4-6,15-18H2,1-3H3/t21-,25+/m1/s1. The lowest BCUT2D eigenvalue weighted by Crippen LogP contribution is -2.44. The van der Waals surface area contributed by atoms with Crippen molar-refractivity contribution in [2.24, 2.45) is 5.92 Å². The Morgan fingerprint density at radius 3 is 2.37 bits per heavy atom. The molecule has 0 N–H and O–H groups in total. The molecule has 0 saturated carbocycles. The first kappa shape index (κ1) is 22.6. The summed E-state index contributed by atoms with van der Waals surface area (Å²) in [6.45, 7) is 6.32. The summed E-state index contributed by atoms with van der Waals surface area (Å²) in [6.07, 6.45) is 3.63. The zero-order valence-electron chi connectivity index (χ0n) is 18.2. The quantitative estimate of drug-likeness (QED) is 0.529. The molecule has 0 bridgehead atoms. The summed E-state index contributed by atoms with van der Waals surface area (Å²) >= 11 is 5.95. The highest BCUT2D eigenvalue weighted by molar-refractivity contribution is 6.30. The van der Waals surface area contributed by atoms with E-state index in [0.29, 0.717) is 24.7 Å². The van der Waals surface area contributed by atoms with Crippen LogP contribution in [0, 0.1) is 5.92 Å². The molecule has 5 heteroatoms. The number of nitrogens with zero attached hydrogens (tertiary/aromatic N) is 1. The third kappa shape index (κ3) is 6.23. The topological polar surface area (TPSA) is 38.8 Å². The van der Waals surface area contributed by atoms with E-state index in [-0.39, 0.29) is 5.97 Å². The van der Waals surface area contributed by atoms with Crippen LogP contribution in [0.2, 0.25) is 5.02 Å². The molecule has 0 radical (unpaired) electrons. The predicted octanol–water partition coefficient (Wildman–Crippen LogP) is 5.36. The molecule has 1 saturated heterocycles. The van der Waals surface area contributed by atoms with Crippen molar-refractivity contribution in [2.75, 3.05) is 26.7 Å². The molecule has 4 nitrogen and oxygen atoms in total. The van der Waals surface area contributed by atoms with Gasteiger partial charge in [0, 0.05) is 17.5 Å². The lowest BCUT2D eigenvalue weighted by atomic mass is 9.99. The van der Waals surface area contributed by atoms with Gasteiger partial charge in [-0.2, -0.15) is 0 Å². The minimum Gasteiger partial charge on any atom is -0.476 e. The van der Waals surface area contributed by atoms with Gasteiger partial charge in [-0.25, -0.2) is 4.79 Å². The van der Waals surface area contributed by atoms with Crippen LogP contribution in [0.4, 0.5) is 0 Å². The molecule has 0 amide bonds. The summed E-state index contributed by atoms with van der Waals surface area (Å²) in [5.74, 6) is 0.790. The average molecular weight is 430 g/mol. The second kappa shape index (κ2) is 10.3. The summed E-state index contributed by atoms with van der Waals surface area (Å²) in [5.41, 5.74) is 1.38. The molecule has 1 heterocycles. The van der Waals surface area contributed by atoms with Crippen molar-refractivity contribution in [3.8, 4) is 5.75 Å². The van der Waals surface area contributed by atoms with E-state index in [9.17, 15) is 4.79 Å². The van der Waals surface area contributed by atoms with Crippen LogP contribution in [0.25, 0.3) is 0 Å². The van der Waals surface area contributed by atoms with E-state index >= 15 is 0 Å². The maximum atomic E-state index is 12.8. The summed E-state index contributed by atoms with van der Waals surface area (Å²) < 4.78 is 11.8. The first-order valence-electron chi connectivity index (χ1n) is 10.8. The van der Waals surface area contributed by atoms with Crippen LogP contribution in [0.5, 0.6) is 5.75 Å². The Morgan fingerprint density at radius 1 is 1.13 bits per heavy atom. The van der Waals surface area contributed by atoms with E-state index in [0.717, 1.165) is 37.4 Å². The van der Waals surface area contributed by atoms with Crippen LogP contribution in [0.3, 0.4) is 0 Å². The van der Waals surface area contributed by atoms with Crippen molar-refractivity contribution in [3.63, 3.8) is 0 Å². The molecule has 0 unspecified atom stereocenters. The Bertz CT molecular complexity index is 821. The van der Waals surface area contributed by atoms with Gasteiger partial charge < -0.3 is 14.4 Å². The number of hydrogen-bond donors (Lipinski definition) is 0. The first-order chi connectivity index (χ1) is 14.4. The number of likely N-dealkylation sites (tertiary alicyclic amines) is 1. The molecule has 0 spiro atoms. The fourth-order valence-electron chi connectivity index (χ4n) is 3.79. The zero-order valence-corrected chi connectivity index (χ0v) is 19.0. The Hall–Kier alpha value is -2.04. The number of benzene rings is 2. The van der Waals surface area contributed by atoms with Gasteiger partial charge in [0.05, 0.1) is 6.61 Å². The van der Waals surface area contributed by atoms with Gasteiger partial charge in [0.25, 0.3) is 0 Å². The maximum absolute atomic E-state index is 12.8. The Morgan fingerprint density at radius 2 is 1.77 bits per heavy atom. The summed E-state index contributed by atoms with van der Waals surface area (Å²) in [7, 11) is 2.11. The number of halogens is 1. The van der Waals surface area contributed by atoms with Gasteiger partial charge in [0.1, 0.15) is 5.75 Å². The number of carbonyl (C=O) groups excluding carboxylic acids is 1. The van der Waals surface area contributed by atoms with Crippen LogP contribution in [0.1, 0.15) is 44.2 Å². The molecule has 2 aromatic rings. The summed E-state index contributed by atoms with van der Waals surface area (Å²) in [5, 5.41) is 0.740. The first-order valence-corrected chi connectivity index (χ1v) is 11.1. The van der Waals surface area contributed by atoms with Gasteiger partial charge in [-0.1, -0.05) is 42.8 Å². The van der Waals surface area contributed by atoms with E-state index in [1.54, 1.807) is 0 Å². The van der Waals surface area contributed by atoms with E-state index in [2.05, 4.69) is 11.9 Å². The largest absolute Gasteiger partial charge is 0.476 e. The smallest absolute Gasteiger partial charge is 0.350 e. The minimum atomic E-state index is -0.988. The van der Waals surface area contributed by atoms with Crippen molar-refractivity contribution < 1.29 is 14.3 Å². The van der Waals surface area contributed by atoms with Gasteiger partial charge >= 0.3 is 5.97 Å². The molecular weight excluding hydrogens is 398 g/mol. The van der Waals surface area contributed by atoms with Crippen LogP contribution >= 0.6 is 11.6 Å². The molecular formula is C25H32ClNO3. The Balaban J connectivity index is 1.56. The minimum absolute atomic E-state index is 0.288. The van der Waals surface area contributed by atoms with E-state index in [1.165, 1.54) is 11.1 Å². The van der Waals surface area contributed by atoms with Gasteiger partial charge in [0.2, 0.25) is 5.60 Å². The van der Waals surface area contributed by atoms with E-state index in [4.69, 9.17) is 21.1 Å². The van der Waals surface area contributed by atoms with Gasteiger partial charge in [0.15, 0.2) is 0 Å². The molecule has 1 fully saturated rings. The monoisotopic (exact) mass is 429 g/mol. The fraction of sp³-hybridized carbons (Fsp3) is 0.480. The third-order valence-electron chi connectivity index (χ3n) is 5.87. The van der Waals surface area contributed by atoms with Crippen molar-refractivity contribution in [1.29, 1.82) is 0 Å². The molecule has 2 atom stereocenters. The molecule has 2 aromatic carbocycles. The SMILES string of the molecule is CC[C@](C)(Oc1ccc(Cc2ccc(Cl)cc2)cc1)C(=O)OC[C@@H]1CCCN(C)C1. The summed E-state index contributed by atoms with van der Waals surface area (Å²) in [4.78, 5) is 15.1. The Labute approximate surface area is 185 Å². The highest BCUT2D eigenvalue weighted by Gasteiger charge is 2.36. The molecule has 1 aliphatic rings. The van der Waals surface area contributed by atoms with Crippen LogP contribution < -0.4 is 4.74 Å². The highest BCUT2D eigenvalue weighted by atomic mass is 35.5. The normalized spacial score (nSPS) is 19.1. The van der Waals surface area contributed by atoms with Crippen LogP contribution in [0.15, 0.2) is 48.5 Å². The lowest BCUT2D eigenvalue weighted by Gasteiger charge is -2.31. The van der Waals surface area contributed by atoms with Crippen LogP contribution in [-0.2, 0) is 16.0 Å². The van der Waals surface area contributed by atoms with Crippen molar-refractivity contribution >= 4 is 17.6 Å². The third-order valence-corrected chi connectivity index (χ3v) is 6.12. The highest BCUT2D eigenvalue weighted by Crippen LogP contribution is 2.25. The van der Waals surface area contributed by atoms with Gasteiger partial charge in [-0.3, -0.25) is 0 Å². The van der Waals surface area contributed by atoms with Gasteiger partial charge in [-0.05, 0) is 81.6 Å². The Kier molecular flexibility index (Phi) is 7.79. The van der Waals surface area contributed by atoms with Gasteiger partial charge in [-0.15, -0.1) is 0 Å². The second-order valence-corrected chi connectivity index (χ2v) is 8.94. The zero-order chi connectivity index (χ0) is 21.6.